The number of carbonyl (C=O) groups is 2. The van der Waals surface area contributed by atoms with E-state index >= 15 is 0 Å². The van der Waals surface area contributed by atoms with Crippen molar-refractivity contribution in [3.05, 3.63) is 48.3 Å². The molecule has 0 bridgehead atoms. The molecular formula is C19H17FN2O4. The highest BCUT2D eigenvalue weighted by Gasteiger charge is 2.35. The minimum Gasteiger partial charge on any atom is -0.486 e. The second-order valence-corrected chi connectivity index (χ2v) is 6.23. The van der Waals surface area contributed by atoms with Crippen LogP contribution in [0, 0.1) is 11.7 Å². The molecule has 2 amide bonds. The van der Waals surface area contributed by atoms with Crippen LogP contribution in [-0.4, -0.2) is 31.6 Å². The number of fused-ring (bicyclic) bond motifs is 1. The van der Waals surface area contributed by atoms with Crippen molar-refractivity contribution in [2.75, 3.05) is 30.0 Å². The minimum atomic E-state index is -0.501. The van der Waals surface area contributed by atoms with E-state index in [9.17, 15) is 14.0 Å². The van der Waals surface area contributed by atoms with E-state index in [1.165, 1.54) is 18.2 Å². The molecule has 2 aliphatic rings. The molecule has 0 aromatic heterocycles. The summed E-state index contributed by atoms with van der Waals surface area (Å²) in [6.45, 7) is 1.22. The molecule has 0 spiro atoms. The van der Waals surface area contributed by atoms with Gasteiger partial charge in [0.05, 0.1) is 5.92 Å². The average molecular weight is 356 g/mol. The number of ether oxygens (including phenoxy) is 2. The number of hydrogen-bond acceptors (Lipinski definition) is 4. The van der Waals surface area contributed by atoms with Gasteiger partial charge in [-0.05, 0) is 30.3 Å². The van der Waals surface area contributed by atoms with E-state index in [2.05, 4.69) is 5.32 Å². The van der Waals surface area contributed by atoms with Crippen molar-refractivity contribution in [1.82, 2.24) is 0 Å². The molecule has 2 aromatic rings. The standard InChI is InChI=1S/C19H17FN2O4/c20-13-2-1-3-14(9-13)21-19(24)12-8-18(23)22(11-12)15-4-5-16-17(10-15)26-7-6-25-16/h1-5,9-10,12H,6-8,11H2,(H,21,24)/t12-/m0/s1. The van der Waals surface area contributed by atoms with E-state index in [1.54, 1.807) is 29.2 Å². The molecule has 26 heavy (non-hydrogen) atoms. The van der Waals surface area contributed by atoms with E-state index in [1.807, 2.05) is 0 Å². The van der Waals surface area contributed by atoms with E-state index in [4.69, 9.17) is 9.47 Å². The van der Waals surface area contributed by atoms with Crippen LogP contribution in [0.25, 0.3) is 0 Å². The van der Waals surface area contributed by atoms with Gasteiger partial charge in [0, 0.05) is 30.4 Å². The molecule has 7 heteroatoms. The molecule has 2 heterocycles. The Bertz CT molecular complexity index is 870. The van der Waals surface area contributed by atoms with E-state index in [-0.39, 0.29) is 24.8 Å². The second kappa shape index (κ2) is 6.67. The third kappa shape index (κ3) is 3.20. The molecule has 1 atom stereocenters. The van der Waals surface area contributed by atoms with Crippen LogP contribution in [0.4, 0.5) is 15.8 Å². The summed E-state index contributed by atoms with van der Waals surface area (Å²) in [5, 5.41) is 2.66. The molecule has 6 nitrogen and oxygen atoms in total. The number of nitrogens with zero attached hydrogens (tertiary/aromatic N) is 1. The molecule has 1 N–H and O–H groups in total. The number of benzene rings is 2. The summed E-state index contributed by atoms with van der Waals surface area (Å²) in [7, 11) is 0. The van der Waals surface area contributed by atoms with Crippen LogP contribution in [0.2, 0.25) is 0 Å². The molecule has 2 aliphatic heterocycles. The maximum atomic E-state index is 13.2. The second-order valence-electron chi connectivity index (χ2n) is 6.23. The predicted octanol–water partition coefficient (Wildman–Crippen LogP) is 2.59. The van der Waals surface area contributed by atoms with Gasteiger partial charge in [-0.2, -0.15) is 0 Å². The first-order chi connectivity index (χ1) is 12.6. The quantitative estimate of drug-likeness (QED) is 0.918. The van der Waals surface area contributed by atoms with Gasteiger partial charge in [-0.25, -0.2) is 4.39 Å². The van der Waals surface area contributed by atoms with E-state index < -0.39 is 11.7 Å². The molecule has 4 rings (SSSR count). The normalized spacial score (nSPS) is 18.7. The summed E-state index contributed by atoms with van der Waals surface area (Å²) >= 11 is 0. The van der Waals surface area contributed by atoms with Crippen molar-refractivity contribution in [2.24, 2.45) is 5.92 Å². The monoisotopic (exact) mass is 356 g/mol. The number of hydrogen-bond donors (Lipinski definition) is 1. The van der Waals surface area contributed by atoms with Crippen LogP contribution < -0.4 is 19.7 Å². The van der Waals surface area contributed by atoms with E-state index in [0.717, 1.165) is 0 Å². The topological polar surface area (TPSA) is 67.9 Å². The Kier molecular flexibility index (Phi) is 4.20. The van der Waals surface area contributed by atoms with Gasteiger partial charge in [0.25, 0.3) is 0 Å². The summed E-state index contributed by atoms with van der Waals surface area (Å²) in [5.74, 6) is -0.131. The number of carbonyl (C=O) groups excluding carboxylic acids is 2. The highest BCUT2D eigenvalue weighted by Crippen LogP contribution is 2.36. The maximum Gasteiger partial charge on any atom is 0.229 e. The van der Waals surface area contributed by atoms with Gasteiger partial charge >= 0.3 is 0 Å². The highest BCUT2D eigenvalue weighted by molar-refractivity contribution is 6.03. The Labute approximate surface area is 149 Å². The van der Waals surface area contributed by atoms with E-state index in [0.29, 0.717) is 36.1 Å². The maximum absolute atomic E-state index is 13.2. The Hall–Kier alpha value is -3.09. The fourth-order valence-corrected chi connectivity index (χ4v) is 3.14. The molecule has 0 unspecified atom stereocenters. The number of anilines is 2. The van der Waals surface area contributed by atoms with Crippen LogP contribution in [0.1, 0.15) is 6.42 Å². The Morgan fingerprint density at radius 3 is 2.73 bits per heavy atom. The predicted molar refractivity (Wildman–Crippen MR) is 92.9 cm³/mol. The Morgan fingerprint density at radius 1 is 1.12 bits per heavy atom. The lowest BCUT2D eigenvalue weighted by Crippen LogP contribution is -2.28. The summed E-state index contributed by atoms with van der Waals surface area (Å²) in [6, 6.07) is 11.0. The largest absolute Gasteiger partial charge is 0.486 e. The van der Waals surface area contributed by atoms with Gasteiger partial charge in [0.15, 0.2) is 11.5 Å². The van der Waals surface area contributed by atoms with Crippen LogP contribution in [0.15, 0.2) is 42.5 Å². The third-order valence-corrected chi connectivity index (χ3v) is 4.43. The van der Waals surface area contributed by atoms with Crippen LogP contribution >= 0.6 is 0 Å². The molecule has 1 fully saturated rings. The summed E-state index contributed by atoms with van der Waals surface area (Å²) in [6.07, 6.45) is 0.107. The summed E-state index contributed by atoms with van der Waals surface area (Å²) in [4.78, 5) is 26.4. The SMILES string of the molecule is O=C(Nc1cccc(F)c1)[C@H]1CC(=O)N(c2ccc3c(c2)OCCO3)C1. The van der Waals surface area contributed by atoms with Gasteiger partial charge in [-0.1, -0.05) is 6.07 Å². The fraction of sp³-hybridized carbons (Fsp3) is 0.263. The summed E-state index contributed by atoms with van der Waals surface area (Å²) < 4.78 is 24.3. The summed E-state index contributed by atoms with van der Waals surface area (Å²) in [5.41, 5.74) is 1.04. The first-order valence-electron chi connectivity index (χ1n) is 8.36. The van der Waals surface area contributed by atoms with Gasteiger partial charge in [0.1, 0.15) is 19.0 Å². The van der Waals surface area contributed by atoms with Gasteiger partial charge in [-0.3, -0.25) is 9.59 Å². The molecular weight excluding hydrogens is 339 g/mol. The van der Waals surface area contributed by atoms with Crippen molar-refractivity contribution in [1.29, 1.82) is 0 Å². The number of halogens is 1. The lowest BCUT2D eigenvalue weighted by atomic mass is 10.1. The molecule has 0 saturated carbocycles. The molecule has 134 valence electrons. The first kappa shape index (κ1) is 16.4. The van der Waals surface area contributed by atoms with Crippen molar-refractivity contribution in [3.8, 4) is 11.5 Å². The van der Waals surface area contributed by atoms with Gasteiger partial charge in [-0.15, -0.1) is 0 Å². The van der Waals surface area contributed by atoms with Gasteiger partial charge in [0.2, 0.25) is 11.8 Å². The Morgan fingerprint density at radius 2 is 1.92 bits per heavy atom. The van der Waals surface area contributed by atoms with Crippen molar-refractivity contribution in [3.63, 3.8) is 0 Å². The lowest BCUT2D eigenvalue weighted by Gasteiger charge is -2.22. The number of nitrogens with one attached hydrogen (secondary N) is 1. The van der Waals surface area contributed by atoms with Gasteiger partial charge < -0.3 is 19.7 Å². The van der Waals surface area contributed by atoms with Crippen molar-refractivity contribution >= 4 is 23.2 Å². The highest BCUT2D eigenvalue weighted by atomic mass is 19.1. The first-order valence-corrected chi connectivity index (χ1v) is 8.36. The zero-order valence-electron chi connectivity index (χ0n) is 13.9. The number of rotatable bonds is 3. The zero-order chi connectivity index (χ0) is 18.1. The lowest BCUT2D eigenvalue weighted by molar-refractivity contribution is -0.122. The molecule has 2 aromatic carbocycles. The third-order valence-electron chi connectivity index (χ3n) is 4.43. The van der Waals surface area contributed by atoms with Crippen molar-refractivity contribution < 1.29 is 23.5 Å². The van der Waals surface area contributed by atoms with Crippen LogP contribution in [-0.2, 0) is 9.59 Å². The smallest absolute Gasteiger partial charge is 0.229 e. The number of amides is 2. The molecule has 0 aliphatic carbocycles. The Balaban J connectivity index is 1.47. The molecule has 1 saturated heterocycles. The van der Waals surface area contributed by atoms with Crippen LogP contribution in [0.3, 0.4) is 0 Å². The zero-order valence-corrected chi connectivity index (χ0v) is 13.9. The molecule has 0 radical (unpaired) electrons. The minimum absolute atomic E-state index is 0.107. The van der Waals surface area contributed by atoms with Crippen molar-refractivity contribution in [2.45, 2.75) is 6.42 Å². The fourth-order valence-electron chi connectivity index (χ4n) is 3.14. The van der Waals surface area contributed by atoms with Crippen LogP contribution in [0.5, 0.6) is 11.5 Å². The average Bonchev–Trinajstić information content (AvgIpc) is 3.03.